The van der Waals surface area contributed by atoms with Crippen LogP contribution in [-0.2, 0) is 0 Å². The van der Waals surface area contributed by atoms with Gasteiger partial charge in [0, 0.05) is 11.8 Å². The highest BCUT2D eigenvalue weighted by molar-refractivity contribution is 5.48. The molecule has 2 rings (SSSR count). The molecule has 1 unspecified atom stereocenters. The molecule has 4 nitrogen and oxygen atoms in total. The van der Waals surface area contributed by atoms with Gasteiger partial charge < -0.3 is 4.74 Å². The second kappa shape index (κ2) is 5.82. The van der Waals surface area contributed by atoms with Crippen LogP contribution in [0.2, 0.25) is 0 Å². The smallest absolute Gasteiger partial charge is 0.127 e. The summed E-state index contributed by atoms with van der Waals surface area (Å²) in [6.45, 7) is 4.11. The molecule has 0 amide bonds. The van der Waals surface area contributed by atoms with Crippen molar-refractivity contribution in [3.05, 3.63) is 58.9 Å². The summed E-state index contributed by atoms with van der Waals surface area (Å²) in [6.07, 6.45) is 1.76. The van der Waals surface area contributed by atoms with Crippen LogP contribution in [0, 0.1) is 13.8 Å². The van der Waals surface area contributed by atoms with Crippen molar-refractivity contribution in [3.8, 4) is 5.75 Å². The zero-order valence-electron chi connectivity index (χ0n) is 11.5. The standard InChI is InChI=1S/C15H19N3O/c1-10-7-8-12(15(19-3)11(10)2)14(18-16)13-6-4-5-9-17-13/h4-9,14,18H,16H2,1-3H3. The first-order valence-electron chi connectivity index (χ1n) is 6.20. The van der Waals surface area contributed by atoms with Gasteiger partial charge in [0.05, 0.1) is 18.8 Å². The van der Waals surface area contributed by atoms with Crippen LogP contribution in [0.3, 0.4) is 0 Å². The summed E-state index contributed by atoms with van der Waals surface area (Å²) >= 11 is 0. The van der Waals surface area contributed by atoms with Crippen molar-refractivity contribution in [1.82, 2.24) is 10.4 Å². The lowest BCUT2D eigenvalue weighted by molar-refractivity contribution is 0.400. The van der Waals surface area contributed by atoms with Crippen LogP contribution >= 0.6 is 0 Å². The molecule has 0 fully saturated rings. The molecular formula is C15H19N3O. The van der Waals surface area contributed by atoms with Crippen LogP contribution in [0.1, 0.15) is 28.4 Å². The number of ether oxygens (including phenoxy) is 1. The Hall–Kier alpha value is -1.91. The maximum absolute atomic E-state index is 5.70. The second-order valence-electron chi connectivity index (χ2n) is 4.48. The number of methoxy groups -OCH3 is 1. The molecule has 0 aliphatic rings. The minimum Gasteiger partial charge on any atom is -0.496 e. The van der Waals surface area contributed by atoms with E-state index in [9.17, 15) is 0 Å². The molecule has 1 heterocycles. The average Bonchev–Trinajstić information content (AvgIpc) is 2.45. The molecule has 2 aromatic rings. The zero-order chi connectivity index (χ0) is 13.8. The van der Waals surface area contributed by atoms with Gasteiger partial charge in [-0.15, -0.1) is 0 Å². The highest BCUT2D eigenvalue weighted by atomic mass is 16.5. The van der Waals surface area contributed by atoms with Crippen molar-refractivity contribution in [1.29, 1.82) is 0 Å². The third-order valence-electron chi connectivity index (χ3n) is 3.37. The lowest BCUT2D eigenvalue weighted by atomic mass is 9.97. The maximum Gasteiger partial charge on any atom is 0.127 e. The SMILES string of the molecule is COc1c(C(NN)c2ccccn2)ccc(C)c1C. The van der Waals surface area contributed by atoms with E-state index in [0.29, 0.717) is 0 Å². The van der Waals surface area contributed by atoms with E-state index in [1.807, 2.05) is 31.2 Å². The number of nitrogens with zero attached hydrogens (tertiary/aromatic N) is 1. The molecule has 19 heavy (non-hydrogen) atoms. The van der Waals surface area contributed by atoms with Crippen LogP contribution < -0.4 is 16.0 Å². The van der Waals surface area contributed by atoms with Gasteiger partial charge in [0.2, 0.25) is 0 Å². The predicted molar refractivity (Wildman–Crippen MR) is 75.9 cm³/mol. The molecule has 4 heteroatoms. The molecule has 0 saturated heterocycles. The summed E-state index contributed by atoms with van der Waals surface area (Å²) in [5.74, 6) is 6.56. The number of hydrogen-bond acceptors (Lipinski definition) is 4. The van der Waals surface area contributed by atoms with Crippen molar-refractivity contribution >= 4 is 0 Å². The van der Waals surface area contributed by atoms with Crippen molar-refractivity contribution < 1.29 is 4.74 Å². The minimum absolute atomic E-state index is 0.185. The molecule has 100 valence electrons. The van der Waals surface area contributed by atoms with E-state index in [0.717, 1.165) is 22.6 Å². The monoisotopic (exact) mass is 257 g/mol. The summed E-state index contributed by atoms with van der Waals surface area (Å²) in [4.78, 5) is 4.36. The van der Waals surface area contributed by atoms with Crippen LogP contribution in [0.25, 0.3) is 0 Å². The minimum atomic E-state index is -0.185. The Morgan fingerprint density at radius 3 is 2.58 bits per heavy atom. The molecule has 1 aromatic carbocycles. The van der Waals surface area contributed by atoms with E-state index in [-0.39, 0.29) is 6.04 Å². The summed E-state index contributed by atoms with van der Waals surface area (Å²) in [5.41, 5.74) is 6.99. The Balaban J connectivity index is 2.53. The molecule has 0 radical (unpaired) electrons. The predicted octanol–water partition coefficient (Wildman–Crippen LogP) is 2.26. The molecule has 0 spiro atoms. The van der Waals surface area contributed by atoms with Crippen LogP contribution in [0.5, 0.6) is 5.75 Å². The van der Waals surface area contributed by atoms with E-state index in [2.05, 4.69) is 23.4 Å². The normalized spacial score (nSPS) is 12.2. The first-order chi connectivity index (χ1) is 9.19. The second-order valence-corrected chi connectivity index (χ2v) is 4.48. The van der Waals surface area contributed by atoms with Crippen LogP contribution in [0.15, 0.2) is 36.5 Å². The zero-order valence-corrected chi connectivity index (χ0v) is 11.5. The van der Waals surface area contributed by atoms with Crippen molar-refractivity contribution in [2.45, 2.75) is 19.9 Å². The fourth-order valence-electron chi connectivity index (χ4n) is 2.19. The number of nitrogens with one attached hydrogen (secondary N) is 1. The van der Waals surface area contributed by atoms with Crippen LogP contribution in [-0.4, -0.2) is 12.1 Å². The lowest BCUT2D eigenvalue weighted by Gasteiger charge is -2.21. The van der Waals surface area contributed by atoms with E-state index < -0.39 is 0 Å². The van der Waals surface area contributed by atoms with Gasteiger partial charge in [-0.2, -0.15) is 0 Å². The molecule has 0 bridgehead atoms. The van der Waals surface area contributed by atoms with Gasteiger partial charge in [0.25, 0.3) is 0 Å². The number of nitrogens with two attached hydrogens (primary N) is 1. The molecule has 1 atom stereocenters. The van der Waals surface area contributed by atoms with Crippen molar-refractivity contribution in [3.63, 3.8) is 0 Å². The highest BCUT2D eigenvalue weighted by Gasteiger charge is 2.19. The largest absolute Gasteiger partial charge is 0.496 e. The first kappa shape index (κ1) is 13.5. The lowest BCUT2D eigenvalue weighted by Crippen LogP contribution is -2.30. The third-order valence-corrected chi connectivity index (χ3v) is 3.37. The van der Waals surface area contributed by atoms with Gasteiger partial charge in [0.1, 0.15) is 5.75 Å². The molecule has 3 N–H and O–H groups in total. The van der Waals surface area contributed by atoms with Gasteiger partial charge >= 0.3 is 0 Å². The molecule has 0 aliphatic carbocycles. The van der Waals surface area contributed by atoms with E-state index in [1.165, 1.54) is 5.56 Å². The Bertz CT molecular complexity index is 555. The Labute approximate surface area is 113 Å². The molecular weight excluding hydrogens is 238 g/mol. The Kier molecular flexibility index (Phi) is 4.14. The van der Waals surface area contributed by atoms with Gasteiger partial charge in [-0.1, -0.05) is 18.2 Å². The number of aromatic nitrogens is 1. The molecule has 1 aromatic heterocycles. The van der Waals surface area contributed by atoms with Gasteiger partial charge in [-0.3, -0.25) is 10.8 Å². The summed E-state index contributed by atoms with van der Waals surface area (Å²) in [7, 11) is 1.68. The number of benzene rings is 1. The number of rotatable bonds is 4. The van der Waals surface area contributed by atoms with E-state index in [4.69, 9.17) is 10.6 Å². The fraction of sp³-hybridized carbons (Fsp3) is 0.267. The number of aryl methyl sites for hydroxylation is 1. The summed E-state index contributed by atoms with van der Waals surface area (Å²) < 4.78 is 5.54. The maximum atomic E-state index is 5.70. The van der Waals surface area contributed by atoms with Crippen molar-refractivity contribution in [2.75, 3.05) is 7.11 Å². The van der Waals surface area contributed by atoms with Crippen molar-refractivity contribution in [2.24, 2.45) is 5.84 Å². The van der Waals surface area contributed by atoms with Gasteiger partial charge in [0.15, 0.2) is 0 Å². The Morgan fingerprint density at radius 2 is 2.00 bits per heavy atom. The summed E-state index contributed by atoms with van der Waals surface area (Å²) in [5, 5.41) is 0. The van der Waals surface area contributed by atoms with Gasteiger partial charge in [-0.05, 0) is 37.1 Å². The fourth-order valence-corrected chi connectivity index (χ4v) is 2.19. The Morgan fingerprint density at radius 1 is 1.21 bits per heavy atom. The number of hydrazine groups is 1. The van der Waals surface area contributed by atoms with E-state index >= 15 is 0 Å². The third kappa shape index (κ3) is 2.59. The average molecular weight is 257 g/mol. The number of pyridine rings is 1. The number of hydrogen-bond donors (Lipinski definition) is 2. The summed E-state index contributed by atoms with van der Waals surface area (Å²) in [6, 6.07) is 9.69. The van der Waals surface area contributed by atoms with E-state index in [1.54, 1.807) is 13.3 Å². The topological polar surface area (TPSA) is 60.2 Å². The van der Waals surface area contributed by atoms with Crippen LogP contribution in [0.4, 0.5) is 0 Å². The molecule has 0 saturated carbocycles. The first-order valence-corrected chi connectivity index (χ1v) is 6.20. The molecule has 0 aliphatic heterocycles. The highest BCUT2D eigenvalue weighted by Crippen LogP contribution is 2.32. The van der Waals surface area contributed by atoms with Gasteiger partial charge in [-0.25, -0.2) is 5.43 Å². The quantitative estimate of drug-likeness (QED) is 0.651.